The molecule has 1 heterocycles. The number of guanidine groups is 1. The second kappa shape index (κ2) is 6.57. The van der Waals surface area contributed by atoms with Gasteiger partial charge in [-0.3, -0.25) is 4.99 Å². The molecule has 0 spiro atoms. The van der Waals surface area contributed by atoms with Crippen LogP contribution in [0.25, 0.3) is 0 Å². The number of benzene rings is 1. The van der Waals surface area contributed by atoms with Crippen molar-refractivity contribution in [3.63, 3.8) is 0 Å². The van der Waals surface area contributed by atoms with Gasteiger partial charge in [-0.2, -0.15) is 0 Å². The van der Waals surface area contributed by atoms with Gasteiger partial charge >= 0.3 is 0 Å². The number of aliphatic imine (C=N–C) groups is 1. The van der Waals surface area contributed by atoms with Gasteiger partial charge in [0.15, 0.2) is 5.96 Å². The fourth-order valence-electron chi connectivity index (χ4n) is 3.47. The first-order chi connectivity index (χ1) is 10.2. The van der Waals surface area contributed by atoms with E-state index in [4.69, 9.17) is 17.3 Å². The normalized spacial score (nSPS) is 24.0. The molecule has 3 rings (SSSR count). The molecule has 0 bridgehead atoms. The minimum Gasteiger partial charge on any atom is -0.370 e. The van der Waals surface area contributed by atoms with E-state index in [0.29, 0.717) is 12.0 Å². The van der Waals surface area contributed by atoms with E-state index in [9.17, 15) is 0 Å². The minimum absolute atomic E-state index is 0.235. The fourth-order valence-corrected chi connectivity index (χ4v) is 3.91. The Kier molecular flexibility index (Phi) is 4.75. The maximum absolute atomic E-state index is 6.25. The van der Waals surface area contributed by atoms with Crippen LogP contribution in [0.3, 0.4) is 0 Å². The van der Waals surface area contributed by atoms with Gasteiger partial charge in [0.25, 0.3) is 0 Å². The van der Waals surface area contributed by atoms with Gasteiger partial charge in [-0.1, -0.05) is 43.4 Å². The van der Waals surface area contributed by atoms with E-state index in [0.717, 1.165) is 16.0 Å². The third-order valence-corrected chi connectivity index (χ3v) is 5.81. The molecule has 0 radical (unpaired) electrons. The Bertz CT molecular complexity index is 538. The highest BCUT2D eigenvalue weighted by Gasteiger charge is 2.33. The predicted molar refractivity (Wildman–Crippen MR) is 91.7 cm³/mol. The lowest BCUT2D eigenvalue weighted by molar-refractivity contribution is 0.237. The lowest BCUT2D eigenvalue weighted by Crippen LogP contribution is -2.43. The van der Waals surface area contributed by atoms with Crippen molar-refractivity contribution in [3.05, 3.63) is 33.3 Å². The highest BCUT2D eigenvalue weighted by molar-refractivity contribution is 9.10. The fraction of sp³-hybridized carbons (Fsp3) is 0.562. The van der Waals surface area contributed by atoms with Gasteiger partial charge in [0, 0.05) is 10.5 Å². The summed E-state index contributed by atoms with van der Waals surface area (Å²) in [7, 11) is 0. The van der Waals surface area contributed by atoms with E-state index in [1.54, 1.807) is 0 Å². The Morgan fingerprint density at radius 1 is 1.19 bits per heavy atom. The molecule has 2 N–H and O–H groups in total. The topological polar surface area (TPSA) is 41.6 Å². The summed E-state index contributed by atoms with van der Waals surface area (Å²) in [5.41, 5.74) is 7.40. The Morgan fingerprint density at radius 2 is 1.90 bits per heavy atom. The number of nitrogens with two attached hydrogens (primary N) is 1. The molecule has 1 atom stereocenters. The summed E-state index contributed by atoms with van der Waals surface area (Å²) < 4.78 is 0.931. The van der Waals surface area contributed by atoms with Crippen molar-refractivity contribution in [3.8, 4) is 0 Å². The molecule has 1 saturated carbocycles. The van der Waals surface area contributed by atoms with E-state index < -0.39 is 0 Å². The third-order valence-electron chi connectivity index (χ3n) is 4.57. The Labute approximate surface area is 139 Å². The summed E-state index contributed by atoms with van der Waals surface area (Å²) in [5.74, 6) is 0.700. The molecule has 114 valence electrons. The zero-order valence-corrected chi connectivity index (χ0v) is 14.4. The second-order valence-electron chi connectivity index (χ2n) is 5.94. The van der Waals surface area contributed by atoms with Gasteiger partial charge in [-0.25, -0.2) is 0 Å². The maximum atomic E-state index is 6.25. The van der Waals surface area contributed by atoms with Crippen molar-refractivity contribution >= 4 is 33.5 Å². The van der Waals surface area contributed by atoms with Crippen LogP contribution >= 0.6 is 27.5 Å². The molecule has 1 fully saturated rings. The molecule has 0 saturated heterocycles. The summed E-state index contributed by atoms with van der Waals surface area (Å²) in [6.45, 7) is 0.736. The smallest absolute Gasteiger partial charge is 0.192 e. The molecule has 0 amide bonds. The summed E-state index contributed by atoms with van der Waals surface area (Å²) in [6, 6.07) is 6.93. The molecule has 5 heteroatoms. The van der Waals surface area contributed by atoms with Gasteiger partial charge in [-0.15, -0.1) is 0 Å². The maximum Gasteiger partial charge on any atom is 0.192 e. The highest BCUT2D eigenvalue weighted by Crippen LogP contribution is 2.35. The number of hydrogen-bond acceptors (Lipinski definition) is 3. The molecule has 1 aromatic rings. The van der Waals surface area contributed by atoms with E-state index in [1.807, 2.05) is 12.1 Å². The zero-order chi connectivity index (χ0) is 14.8. The van der Waals surface area contributed by atoms with E-state index in [2.05, 4.69) is 31.9 Å². The van der Waals surface area contributed by atoms with Crippen LogP contribution in [-0.2, 0) is 0 Å². The molecule has 1 aromatic carbocycles. The molecule has 21 heavy (non-hydrogen) atoms. The molecule has 1 unspecified atom stereocenters. The highest BCUT2D eigenvalue weighted by atomic mass is 79.9. The van der Waals surface area contributed by atoms with Crippen LogP contribution in [0, 0.1) is 0 Å². The number of rotatable bonds is 2. The number of hydrogen-bond donors (Lipinski definition) is 1. The van der Waals surface area contributed by atoms with Crippen molar-refractivity contribution in [2.24, 2.45) is 10.7 Å². The van der Waals surface area contributed by atoms with Crippen molar-refractivity contribution in [2.45, 2.75) is 50.6 Å². The largest absolute Gasteiger partial charge is 0.370 e. The third kappa shape index (κ3) is 3.21. The Balaban J connectivity index is 1.85. The quantitative estimate of drug-likeness (QED) is 0.779. The van der Waals surface area contributed by atoms with E-state index in [1.165, 1.54) is 44.1 Å². The van der Waals surface area contributed by atoms with Gasteiger partial charge in [-0.05, 0) is 46.5 Å². The summed E-state index contributed by atoms with van der Waals surface area (Å²) in [4.78, 5) is 6.84. The lowest BCUT2D eigenvalue weighted by atomic mass is 10.0. The van der Waals surface area contributed by atoms with Gasteiger partial charge in [0.2, 0.25) is 0 Å². The summed E-state index contributed by atoms with van der Waals surface area (Å²) in [5, 5.41) is 0.749. The summed E-state index contributed by atoms with van der Waals surface area (Å²) in [6.07, 6.45) is 7.71. The molecule has 3 nitrogen and oxygen atoms in total. The van der Waals surface area contributed by atoms with E-state index in [-0.39, 0.29) is 6.04 Å². The van der Waals surface area contributed by atoms with E-state index >= 15 is 0 Å². The van der Waals surface area contributed by atoms with Crippen molar-refractivity contribution in [1.82, 2.24) is 4.90 Å². The predicted octanol–water partition coefficient (Wildman–Crippen LogP) is 4.50. The van der Waals surface area contributed by atoms with Crippen LogP contribution < -0.4 is 5.73 Å². The molecular weight excluding hydrogens is 350 g/mol. The molecular formula is C16H21BrClN3. The zero-order valence-electron chi connectivity index (χ0n) is 12.1. The molecule has 0 aromatic heterocycles. The average molecular weight is 371 g/mol. The van der Waals surface area contributed by atoms with Crippen LogP contribution in [0.4, 0.5) is 0 Å². The van der Waals surface area contributed by atoms with Crippen molar-refractivity contribution < 1.29 is 0 Å². The number of halogens is 2. The van der Waals surface area contributed by atoms with Crippen LogP contribution in [0.15, 0.2) is 27.7 Å². The van der Waals surface area contributed by atoms with Crippen LogP contribution in [0.5, 0.6) is 0 Å². The van der Waals surface area contributed by atoms with Crippen LogP contribution in [-0.4, -0.2) is 23.4 Å². The van der Waals surface area contributed by atoms with Crippen LogP contribution in [0.1, 0.15) is 50.1 Å². The Morgan fingerprint density at radius 3 is 2.57 bits per heavy atom. The SMILES string of the molecule is NC1=NCC(c2ccc(Br)c(Cl)c2)N1C1CCCCCC1. The lowest BCUT2D eigenvalue weighted by Gasteiger charge is -2.34. The molecule has 2 aliphatic rings. The Hall–Kier alpha value is -0.740. The van der Waals surface area contributed by atoms with Crippen LogP contribution in [0.2, 0.25) is 5.02 Å². The second-order valence-corrected chi connectivity index (χ2v) is 7.20. The van der Waals surface area contributed by atoms with Gasteiger partial charge in [0.05, 0.1) is 17.6 Å². The van der Waals surface area contributed by atoms with Crippen molar-refractivity contribution in [1.29, 1.82) is 0 Å². The standard InChI is InChI=1S/C16H21BrClN3/c17-13-8-7-11(9-14(13)18)15-10-20-16(19)21(15)12-5-3-1-2-4-6-12/h7-9,12,15H,1-6,10H2,(H2,19,20). The van der Waals surface area contributed by atoms with Gasteiger partial charge in [0.1, 0.15) is 0 Å². The van der Waals surface area contributed by atoms with Gasteiger partial charge < -0.3 is 10.6 Å². The number of nitrogens with zero attached hydrogens (tertiary/aromatic N) is 2. The summed E-state index contributed by atoms with van der Waals surface area (Å²) >= 11 is 9.71. The first-order valence-electron chi connectivity index (χ1n) is 7.70. The van der Waals surface area contributed by atoms with Crippen molar-refractivity contribution in [2.75, 3.05) is 6.54 Å². The molecule has 1 aliphatic heterocycles. The monoisotopic (exact) mass is 369 g/mol. The minimum atomic E-state index is 0.235. The first kappa shape index (κ1) is 15.2. The molecule has 1 aliphatic carbocycles. The first-order valence-corrected chi connectivity index (χ1v) is 8.87. The average Bonchev–Trinajstić information content (AvgIpc) is 2.69.